The molecule has 0 atom stereocenters. The monoisotopic (exact) mass is 386 g/mol. The third kappa shape index (κ3) is 2.47. The van der Waals surface area contributed by atoms with E-state index in [1.807, 2.05) is 0 Å². The first-order valence-electron chi connectivity index (χ1n) is 6.55. The van der Waals surface area contributed by atoms with Crippen LogP contribution in [0.1, 0.15) is 11.4 Å². The van der Waals surface area contributed by atoms with Crippen molar-refractivity contribution >= 4 is 39.5 Å². The van der Waals surface area contributed by atoms with E-state index in [1.54, 1.807) is 23.0 Å². The summed E-state index contributed by atoms with van der Waals surface area (Å²) >= 11 is 12.8. The van der Waals surface area contributed by atoms with Crippen LogP contribution in [-0.4, -0.2) is 19.5 Å². The molecule has 0 aliphatic heterocycles. The Morgan fingerprint density at radius 3 is 2.79 bits per heavy atom. The fourth-order valence-electron chi connectivity index (χ4n) is 2.10. The highest BCUT2D eigenvalue weighted by molar-refractivity contribution is 7.20. The molecule has 0 saturated heterocycles. The van der Waals surface area contributed by atoms with Gasteiger partial charge in [0.25, 0.3) is 5.89 Å². The van der Waals surface area contributed by atoms with Gasteiger partial charge in [-0.3, -0.25) is 4.40 Å². The van der Waals surface area contributed by atoms with Gasteiger partial charge in [-0.25, -0.2) is 4.98 Å². The fraction of sp³-hybridized carbons (Fsp3) is 0.0714. The van der Waals surface area contributed by atoms with Crippen molar-refractivity contribution in [3.63, 3.8) is 0 Å². The summed E-state index contributed by atoms with van der Waals surface area (Å²) in [6.07, 6.45) is 5.05. The molecule has 0 amide bonds. The number of nitrogens with zero attached hydrogens (tertiary/aromatic N) is 4. The van der Waals surface area contributed by atoms with Gasteiger partial charge in [0, 0.05) is 24.2 Å². The van der Waals surface area contributed by atoms with Crippen LogP contribution in [0, 0.1) is 0 Å². The minimum Gasteiger partial charge on any atom is -0.333 e. The van der Waals surface area contributed by atoms with Crippen LogP contribution >= 0.6 is 34.5 Å². The summed E-state index contributed by atoms with van der Waals surface area (Å²) in [4.78, 5) is 9.16. The summed E-state index contributed by atoms with van der Waals surface area (Å²) in [6.45, 7) is 0. The smallest absolute Gasteiger partial charge is 0.333 e. The number of thiazole rings is 1. The van der Waals surface area contributed by atoms with Gasteiger partial charge >= 0.3 is 5.92 Å². The Hall–Kier alpha value is -2.03. The molecule has 0 saturated carbocycles. The van der Waals surface area contributed by atoms with Crippen molar-refractivity contribution < 1.29 is 13.3 Å². The number of hydrogen-bond donors (Lipinski definition) is 0. The molecule has 1 aromatic carbocycles. The van der Waals surface area contributed by atoms with E-state index < -0.39 is 11.7 Å². The van der Waals surface area contributed by atoms with Gasteiger partial charge in [-0.15, -0.1) is 0 Å². The third-order valence-corrected chi connectivity index (χ3v) is 5.03. The number of benzene rings is 1. The molecule has 24 heavy (non-hydrogen) atoms. The maximum absolute atomic E-state index is 14.6. The molecule has 4 rings (SSSR count). The lowest BCUT2D eigenvalue weighted by Gasteiger charge is -2.12. The van der Waals surface area contributed by atoms with E-state index in [1.165, 1.54) is 23.5 Å². The van der Waals surface area contributed by atoms with Gasteiger partial charge in [-0.2, -0.15) is 13.8 Å². The van der Waals surface area contributed by atoms with Crippen molar-refractivity contribution in [3.05, 3.63) is 58.2 Å². The number of alkyl halides is 2. The van der Waals surface area contributed by atoms with E-state index in [2.05, 4.69) is 15.1 Å². The zero-order chi connectivity index (χ0) is 16.9. The third-order valence-electron chi connectivity index (χ3n) is 3.29. The van der Waals surface area contributed by atoms with Crippen molar-refractivity contribution in [1.82, 2.24) is 19.5 Å². The van der Waals surface area contributed by atoms with Crippen molar-refractivity contribution in [1.29, 1.82) is 0 Å². The van der Waals surface area contributed by atoms with Crippen LogP contribution in [0.4, 0.5) is 8.78 Å². The summed E-state index contributed by atoms with van der Waals surface area (Å²) in [5.41, 5.74) is -0.370. The molecule has 0 unspecified atom stereocenters. The largest absolute Gasteiger partial charge is 0.335 e. The second-order valence-electron chi connectivity index (χ2n) is 4.84. The second kappa shape index (κ2) is 5.51. The zero-order valence-electron chi connectivity index (χ0n) is 11.6. The first-order valence-corrected chi connectivity index (χ1v) is 8.13. The molecule has 0 bridgehead atoms. The quantitative estimate of drug-likeness (QED) is 0.502. The minimum atomic E-state index is -3.46. The molecule has 0 fully saturated rings. The summed E-state index contributed by atoms with van der Waals surface area (Å²) in [5.74, 6) is -4.21. The Morgan fingerprint density at radius 2 is 2.04 bits per heavy atom. The highest BCUT2D eigenvalue weighted by Gasteiger charge is 2.40. The summed E-state index contributed by atoms with van der Waals surface area (Å²) in [6, 6.07) is 3.55. The van der Waals surface area contributed by atoms with Gasteiger partial charge in [0.1, 0.15) is 4.88 Å². The van der Waals surface area contributed by atoms with Gasteiger partial charge in [0.05, 0.1) is 10.0 Å². The molecular weight excluding hydrogens is 381 g/mol. The molecule has 3 heterocycles. The predicted molar refractivity (Wildman–Crippen MR) is 85.8 cm³/mol. The molecule has 0 spiro atoms. The van der Waals surface area contributed by atoms with Crippen molar-refractivity contribution in [2.75, 3.05) is 0 Å². The van der Waals surface area contributed by atoms with Crippen LogP contribution < -0.4 is 0 Å². The summed E-state index contributed by atoms with van der Waals surface area (Å²) in [7, 11) is 0. The minimum absolute atomic E-state index is 0.000218. The lowest BCUT2D eigenvalue weighted by Crippen LogP contribution is -2.17. The molecule has 0 aliphatic rings. The SMILES string of the molecule is FC(F)(c1ccc(Cl)c(Cl)c1)c1noc(-c2cn3ccnc3s2)n1. The average molecular weight is 387 g/mol. The standard InChI is InChI=1S/C14H6Cl2F2N4OS/c15-8-2-1-7(5-9(8)16)14(17,18)12-20-11(23-21-12)10-6-22-4-3-19-13(22)24-10/h1-6H. The van der Waals surface area contributed by atoms with Crippen LogP contribution in [0.15, 0.2) is 41.3 Å². The Bertz CT molecular complexity index is 1010. The lowest BCUT2D eigenvalue weighted by atomic mass is 10.1. The molecule has 5 nitrogen and oxygen atoms in total. The molecular formula is C14H6Cl2F2N4OS. The Labute approximate surface area is 147 Å². The maximum atomic E-state index is 14.6. The average Bonchev–Trinajstić information content (AvgIpc) is 3.23. The number of fused-ring (bicyclic) bond motifs is 1. The fourth-order valence-corrected chi connectivity index (χ4v) is 3.26. The van der Waals surface area contributed by atoms with Crippen molar-refractivity contribution in [3.8, 4) is 10.8 Å². The molecule has 3 aromatic heterocycles. The van der Waals surface area contributed by atoms with E-state index in [4.69, 9.17) is 27.7 Å². The zero-order valence-corrected chi connectivity index (χ0v) is 13.9. The lowest BCUT2D eigenvalue weighted by molar-refractivity contribution is 0.0304. The number of hydrogen-bond acceptors (Lipinski definition) is 5. The Balaban J connectivity index is 1.72. The first-order chi connectivity index (χ1) is 11.4. The Kier molecular flexibility index (Phi) is 3.56. The van der Waals surface area contributed by atoms with Gasteiger partial charge in [0.2, 0.25) is 5.82 Å². The van der Waals surface area contributed by atoms with Crippen LogP contribution in [0.3, 0.4) is 0 Å². The number of aromatic nitrogens is 4. The van der Waals surface area contributed by atoms with Gasteiger partial charge in [-0.1, -0.05) is 45.8 Å². The van der Waals surface area contributed by atoms with E-state index in [0.29, 0.717) is 9.84 Å². The van der Waals surface area contributed by atoms with Crippen LogP contribution in [0.25, 0.3) is 15.7 Å². The summed E-state index contributed by atoms with van der Waals surface area (Å²) in [5, 5.41) is 3.62. The van der Waals surface area contributed by atoms with Crippen molar-refractivity contribution in [2.45, 2.75) is 5.92 Å². The van der Waals surface area contributed by atoms with Crippen molar-refractivity contribution in [2.24, 2.45) is 0 Å². The van der Waals surface area contributed by atoms with Gasteiger partial charge in [0.15, 0.2) is 4.96 Å². The normalized spacial score (nSPS) is 12.2. The number of halogens is 4. The number of imidazole rings is 1. The molecule has 0 radical (unpaired) electrons. The van der Waals surface area contributed by atoms with E-state index in [-0.39, 0.29) is 21.5 Å². The van der Waals surface area contributed by atoms with Gasteiger partial charge in [-0.05, 0) is 12.1 Å². The molecule has 0 aliphatic carbocycles. The van der Waals surface area contributed by atoms with E-state index >= 15 is 0 Å². The molecule has 0 N–H and O–H groups in total. The molecule has 122 valence electrons. The van der Waals surface area contributed by atoms with E-state index in [0.717, 1.165) is 6.07 Å². The highest BCUT2D eigenvalue weighted by Crippen LogP contribution is 2.38. The highest BCUT2D eigenvalue weighted by atomic mass is 35.5. The Morgan fingerprint density at radius 1 is 1.21 bits per heavy atom. The number of rotatable bonds is 3. The second-order valence-corrected chi connectivity index (χ2v) is 6.66. The van der Waals surface area contributed by atoms with Crippen LogP contribution in [-0.2, 0) is 5.92 Å². The molecule has 10 heteroatoms. The molecule has 4 aromatic rings. The summed E-state index contributed by atoms with van der Waals surface area (Å²) < 4.78 is 35.9. The first kappa shape index (κ1) is 15.5. The predicted octanol–water partition coefficient (Wildman–Crippen LogP) is 4.89. The van der Waals surface area contributed by atoms with E-state index in [9.17, 15) is 8.78 Å². The topological polar surface area (TPSA) is 56.2 Å². The van der Waals surface area contributed by atoms with Gasteiger partial charge < -0.3 is 4.52 Å². The maximum Gasteiger partial charge on any atom is 0.335 e. The van der Waals surface area contributed by atoms with Crippen LogP contribution in [0.5, 0.6) is 0 Å². The van der Waals surface area contributed by atoms with Crippen LogP contribution in [0.2, 0.25) is 10.0 Å².